The first-order valence-electron chi connectivity index (χ1n) is 18.4. The summed E-state index contributed by atoms with van der Waals surface area (Å²) in [7, 11) is 0. The van der Waals surface area contributed by atoms with Crippen molar-refractivity contribution in [2.45, 2.75) is 0 Å². The first kappa shape index (κ1) is 55.4. The molecule has 23 nitrogen and oxygen atoms in total. The molecule has 0 aliphatic carbocycles. The van der Waals surface area contributed by atoms with Crippen LogP contribution >= 0.6 is 31.9 Å². The molecular formula is C34H55Br2N11O12. The maximum absolute atomic E-state index is 8.39. The molecule has 0 aliphatic heterocycles. The van der Waals surface area contributed by atoms with Gasteiger partial charge in [0.05, 0.1) is 126 Å². The van der Waals surface area contributed by atoms with Crippen molar-refractivity contribution in [3.8, 4) is 11.8 Å². The average Bonchev–Trinajstić information content (AvgIpc) is 3.24. The molecule has 0 amide bonds. The first-order valence-corrected chi connectivity index (χ1v) is 20.0. The number of rotatable bonds is 37. The molecule has 0 fully saturated rings. The van der Waals surface area contributed by atoms with Gasteiger partial charge in [0.2, 0.25) is 11.8 Å². The van der Waals surface area contributed by atoms with Gasteiger partial charge in [-0.2, -0.15) is 4.98 Å². The Morgan fingerprint density at radius 2 is 0.712 bits per heavy atom. The van der Waals surface area contributed by atoms with Crippen molar-refractivity contribution in [1.82, 2.24) is 9.97 Å². The summed E-state index contributed by atoms with van der Waals surface area (Å²) in [5, 5.41) is 18.4. The van der Waals surface area contributed by atoms with E-state index in [1.807, 2.05) is 18.2 Å². The Morgan fingerprint density at radius 3 is 1.00 bits per heavy atom. The van der Waals surface area contributed by atoms with Crippen LogP contribution in [-0.2, 0) is 42.6 Å². The molecule has 0 radical (unpaired) electrons. The lowest BCUT2D eigenvalue weighted by Crippen LogP contribution is -2.14. The molecule has 0 aliphatic rings. The number of pyridine rings is 2. The predicted molar refractivity (Wildman–Crippen MR) is 221 cm³/mol. The molecule has 0 atom stereocenters. The number of ether oxygens (including phenoxy) is 11. The van der Waals surface area contributed by atoms with Crippen LogP contribution in [0.4, 0.5) is 0 Å². The molecule has 59 heavy (non-hydrogen) atoms. The number of nitrogens with zero attached hydrogens (tertiary/aromatic N) is 11. The molecule has 0 bridgehead atoms. The Bertz CT molecular complexity index is 1320. The van der Waals surface area contributed by atoms with Gasteiger partial charge in [-0.25, -0.2) is 4.98 Å². The molecule has 1 N–H and O–H groups in total. The second kappa shape index (κ2) is 47.1. The summed E-state index contributed by atoms with van der Waals surface area (Å²) in [6, 6.07) is 11.0. The third kappa shape index (κ3) is 43.8. The van der Waals surface area contributed by atoms with Gasteiger partial charge in [0, 0.05) is 46.5 Å². The average molecular weight is 970 g/mol. The van der Waals surface area contributed by atoms with Crippen LogP contribution < -0.4 is 9.47 Å². The number of aromatic nitrogens is 2. The summed E-state index contributed by atoms with van der Waals surface area (Å²) in [6.45, 7) is 9.48. The summed E-state index contributed by atoms with van der Waals surface area (Å²) in [5.74, 6) is 0.891. The van der Waals surface area contributed by atoms with E-state index in [0.29, 0.717) is 164 Å². The van der Waals surface area contributed by atoms with E-state index in [1.54, 1.807) is 18.2 Å². The van der Waals surface area contributed by atoms with Crippen molar-refractivity contribution >= 4 is 31.9 Å². The Morgan fingerprint density at radius 1 is 0.424 bits per heavy atom. The number of aliphatic hydroxyl groups is 1. The van der Waals surface area contributed by atoms with E-state index in [2.05, 4.69) is 71.9 Å². The van der Waals surface area contributed by atoms with Crippen molar-refractivity contribution in [3.05, 3.63) is 76.9 Å². The lowest BCUT2D eigenvalue weighted by molar-refractivity contribution is 0.00889. The molecule has 2 aromatic rings. The van der Waals surface area contributed by atoms with E-state index in [1.165, 1.54) is 0 Å². The zero-order valence-electron chi connectivity index (χ0n) is 33.0. The van der Waals surface area contributed by atoms with Gasteiger partial charge < -0.3 is 57.2 Å². The van der Waals surface area contributed by atoms with Crippen LogP contribution in [0.15, 0.2) is 60.9 Å². The summed E-state index contributed by atoms with van der Waals surface area (Å²) in [4.78, 5) is 16.1. The fourth-order valence-corrected chi connectivity index (χ4v) is 4.42. The number of aliphatic hydroxyl groups excluding tert-OH is 1. The highest BCUT2D eigenvalue weighted by atomic mass is 79.9. The molecular weight excluding hydrogens is 914 g/mol. The molecule has 0 unspecified atom stereocenters. The third-order valence-electron chi connectivity index (χ3n) is 6.00. The number of hydrogen-bond donors (Lipinski definition) is 1. The van der Waals surface area contributed by atoms with E-state index in [9.17, 15) is 0 Å². The van der Waals surface area contributed by atoms with E-state index < -0.39 is 0 Å². The Kier molecular flexibility index (Phi) is 44.2. The molecule has 0 saturated heterocycles. The predicted octanol–water partition coefficient (Wildman–Crippen LogP) is 5.50. The SMILES string of the molecule is Brc1cccc(Br)n1.[N-]=[N+]=NCCOCCOCCOCCO.[N-]=[N+]=NCCOCCOCCOCCOc1cccc(OCCOCCOCCOCCN=[N+]=[N-])n1. The summed E-state index contributed by atoms with van der Waals surface area (Å²) in [5.41, 5.74) is 24.2. The lowest BCUT2D eigenvalue weighted by Gasteiger charge is -2.10. The van der Waals surface area contributed by atoms with Crippen LogP contribution in [0, 0.1) is 0 Å². The molecule has 2 heterocycles. The Hall–Kier alpha value is -3.61. The molecule has 0 spiro atoms. The molecule has 332 valence electrons. The maximum atomic E-state index is 8.39. The molecule has 2 rings (SSSR count). The second-order valence-corrected chi connectivity index (χ2v) is 12.0. The van der Waals surface area contributed by atoms with Gasteiger partial charge in [-0.3, -0.25) is 0 Å². The van der Waals surface area contributed by atoms with E-state index in [4.69, 9.17) is 73.8 Å². The largest absolute Gasteiger partial charge is 0.475 e. The fourth-order valence-electron chi connectivity index (χ4n) is 3.49. The Balaban J connectivity index is 0.00000118. The van der Waals surface area contributed by atoms with Crippen LogP contribution in [-0.4, -0.2) is 173 Å². The van der Waals surface area contributed by atoms with Gasteiger partial charge in [-0.1, -0.05) is 27.5 Å². The topological polar surface area (TPSA) is 294 Å². The summed E-state index contributed by atoms with van der Waals surface area (Å²) in [6.07, 6.45) is 0. The molecule has 0 saturated carbocycles. The standard InChI is InChI=1S/C21H35N7O8.C8H17N3O4.C5H3Br2N/c22-27-24-4-6-29-8-10-31-12-14-33-16-18-35-20-2-1-3-21(26-20)36-19-17-34-15-13-32-11-9-30-7-5-25-28-23;9-11-10-1-3-13-5-7-15-8-6-14-4-2-12;6-4-2-1-3-5(7)8-4/h1-3H,4-19H2;12H,1-8H2;1-3H. The first-order chi connectivity index (χ1) is 29.1. The summed E-state index contributed by atoms with van der Waals surface area (Å²) >= 11 is 6.44. The maximum Gasteiger partial charge on any atom is 0.216 e. The van der Waals surface area contributed by atoms with E-state index in [0.717, 1.165) is 9.21 Å². The van der Waals surface area contributed by atoms with Gasteiger partial charge in [0.1, 0.15) is 22.4 Å². The number of azide groups is 3. The van der Waals surface area contributed by atoms with Crippen LogP contribution in [0.5, 0.6) is 11.8 Å². The monoisotopic (exact) mass is 967 g/mol. The quantitative estimate of drug-likeness (QED) is 0.0287. The van der Waals surface area contributed by atoms with E-state index >= 15 is 0 Å². The minimum atomic E-state index is 0.0303. The van der Waals surface area contributed by atoms with E-state index in [-0.39, 0.29) is 6.61 Å². The number of halogens is 2. The van der Waals surface area contributed by atoms with Crippen molar-refractivity contribution in [2.75, 3.05) is 158 Å². The van der Waals surface area contributed by atoms with Gasteiger partial charge >= 0.3 is 0 Å². The van der Waals surface area contributed by atoms with Crippen LogP contribution in [0.3, 0.4) is 0 Å². The molecule has 25 heteroatoms. The van der Waals surface area contributed by atoms with Crippen LogP contribution in [0.1, 0.15) is 0 Å². The normalized spacial score (nSPS) is 10.2. The van der Waals surface area contributed by atoms with Gasteiger partial charge in [0.25, 0.3) is 0 Å². The van der Waals surface area contributed by atoms with Crippen molar-refractivity contribution in [3.63, 3.8) is 0 Å². The second-order valence-electron chi connectivity index (χ2n) is 10.4. The minimum Gasteiger partial charge on any atom is -0.475 e. The fraction of sp³-hybridized carbons (Fsp3) is 0.706. The summed E-state index contributed by atoms with van der Waals surface area (Å²) < 4.78 is 60.1. The van der Waals surface area contributed by atoms with Gasteiger partial charge in [-0.05, 0) is 60.6 Å². The Labute approximate surface area is 360 Å². The van der Waals surface area contributed by atoms with Gasteiger partial charge in [0.15, 0.2) is 0 Å². The minimum absolute atomic E-state index is 0.0303. The van der Waals surface area contributed by atoms with Crippen LogP contribution in [0.25, 0.3) is 31.3 Å². The highest BCUT2D eigenvalue weighted by Crippen LogP contribution is 2.13. The van der Waals surface area contributed by atoms with Crippen molar-refractivity contribution < 1.29 is 57.2 Å². The molecule has 2 aromatic heterocycles. The zero-order chi connectivity index (χ0) is 43.0. The lowest BCUT2D eigenvalue weighted by atomic mass is 10.5. The van der Waals surface area contributed by atoms with Crippen molar-refractivity contribution in [2.24, 2.45) is 15.3 Å². The third-order valence-corrected chi connectivity index (χ3v) is 6.88. The highest BCUT2D eigenvalue weighted by molar-refractivity contribution is 9.11. The van der Waals surface area contributed by atoms with Gasteiger partial charge in [-0.15, -0.1) is 0 Å². The molecule has 0 aromatic carbocycles. The smallest absolute Gasteiger partial charge is 0.216 e. The van der Waals surface area contributed by atoms with Crippen LogP contribution in [0.2, 0.25) is 0 Å². The van der Waals surface area contributed by atoms with Crippen molar-refractivity contribution in [1.29, 1.82) is 0 Å². The zero-order valence-corrected chi connectivity index (χ0v) is 36.2. The number of hydrogen-bond acceptors (Lipinski definition) is 17. The highest BCUT2D eigenvalue weighted by Gasteiger charge is 2.01.